The highest BCUT2D eigenvalue weighted by molar-refractivity contribution is 6.31. The molecule has 3 rings (SSSR count). The highest BCUT2D eigenvalue weighted by atomic mass is 35.5. The number of hydrogen-bond donors (Lipinski definition) is 0. The first-order chi connectivity index (χ1) is 13.1. The molecule has 27 heavy (non-hydrogen) atoms. The summed E-state index contributed by atoms with van der Waals surface area (Å²) in [6, 6.07) is 9.50. The Hall–Kier alpha value is -2.60. The maximum Gasteiger partial charge on any atom is 0.331 e. The van der Waals surface area contributed by atoms with Gasteiger partial charge >= 0.3 is 5.97 Å². The number of aromatic nitrogens is 2. The molecule has 1 aromatic heterocycles. The van der Waals surface area contributed by atoms with Gasteiger partial charge in [0.15, 0.2) is 6.61 Å². The topological polar surface area (TPSA) is 64.4 Å². The SMILES string of the molecule is Cc1nn(-c2ccccc2)c(Cl)c1/C=C/C(=O)OCC(=O)N1CCCCC1. The van der Waals surface area contributed by atoms with E-state index in [2.05, 4.69) is 5.10 Å². The Morgan fingerprint density at radius 1 is 1.19 bits per heavy atom. The molecule has 1 aliphatic heterocycles. The van der Waals surface area contributed by atoms with Crippen LogP contribution in [0.4, 0.5) is 0 Å². The maximum absolute atomic E-state index is 12.0. The van der Waals surface area contributed by atoms with Crippen LogP contribution in [0.3, 0.4) is 0 Å². The van der Waals surface area contributed by atoms with E-state index in [4.69, 9.17) is 16.3 Å². The van der Waals surface area contributed by atoms with Crippen LogP contribution in [0.5, 0.6) is 0 Å². The Morgan fingerprint density at radius 3 is 2.59 bits per heavy atom. The fraction of sp³-hybridized carbons (Fsp3) is 0.350. The number of aryl methyl sites for hydroxylation is 1. The summed E-state index contributed by atoms with van der Waals surface area (Å²) >= 11 is 6.41. The van der Waals surface area contributed by atoms with Crippen LogP contribution in [-0.4, -0.2) is 46.3 Å². The number of ether oxygens (including phenoxy) is 1. The molecule has 0 spiro atoms. The number of carbonyl (C=O) groups excluding carboxylic acids is 2. The minimum Gasteiger partial charge on any atom is -0.452 e. The van der Waals surface area contributed by atoms with Crippen molar-refractivity contribution in [2.75, 3.05) is 19.7 Å². The first kappa shape index (κ1) is 19.2. The number of carbonyl (C=O) groups is 2. The minimum absolute atomic E-state index is 0.150. The summed E-state index contributed by atoms with van der Waals surface area (Å²) in [6.45, 7) is 3.05. The predicted molar refractivity (Wildman–Crippen MR) is 104 cm³/mol. The third-order valence-corrected chi connectivity index (χ3v) is 4.85. The standard InChI is InChI=1S/C20H22ClN3O3/c1-15-17(20(21)24(22-15)16-8-4-2-5-9-16)10-11-19(26)27-14-18(25)23-12-6-3-7-13-23/h2,4-5,8-11H,3,6-7,12-14H2,1H3/b11-10+. The molecule has 142 valence electrons. The van der Waals surface area contributed by atoms with Gasteiger partial charge in [0.1, 0.15) is 5.15 Å². The van der Waals surface area contributed by atoms with Gasteiger partial charge in [0.05, 0.1) is 11.4 Å². The van der Waals surface area contributed by atoms with Crippen LogP contribution in [0, 0.1) is 6.92 Å². The molecule has 1 aromatic carbocycles. The van der Waals surface area contributed by atoms with Crippen LogP contribution < -0.4 is 0 Å². The zero-order valence-corrected chi connectivity index (χ0v) is 16.0. The van der Waals surface area contributed by atoms with E-state index in [0.717, 1.165) is 38.0 Å². The second kappa shape index (κ2) is 8.86. The molecule has 0 bridgehead atoms. The fourth-order valence-electron chi connectivity index (χ4n) is 3.01. The number of likely N-dealkylation sites (tertiary alicyclic amines) is 1. The summed E-state index contributed by atoms with van der Waals surface area (Å²) in [5.41, 5.74) is 2.16. The van der Waals surface area contributed by atoms with Gasteiger partial charge in [-0.05, 0) is 44.4 Å². The van der Waals surface area contributed by atoms with Crippen molar-refractivity contribution in [3.05, 3.63) is 52.8 Å². The van der Waals surface area contributed by atoms with E-state index >= 15 is 0 Å². The van der Waals surface area contributed by atoms with Gasteiger partial charge in [-0.3, -0.25) is 4.79 Å². The van der Waals surface area contributed by atoms with Crippen molar-refractivity contribution in [1.29, 1.82) is 0 Å². The highest BCUT2D eigenvalue weighted by Crippen LogP contribution is 2.24. The van der Waals surface area contributed by atoms with Gasteiger partial charge in [-0.1, -0.05) is 29.8 Å². The summed E-state index contributed by atoms with van der Waals surface area (Å²) in [7, 11) is 0. The zero-order valence-electron chi connectivity index (χ0n) is 15.2. The largest absolute Gasteiger partial charge is 0.452 e. The Morgan fingerprint density at radius 2 is 1.89 bits per heavy atom. The maximum atomic E-state index is 12.0. The van der Waals surface area contributed by atoms with Crippen molar-refractivity contribution in [3.8, 4) is 5.69 Å². The summed E-state index contributed by atoms with van der Waals surface area (Å²) in [5.74, 6) is -0.731. The molecule has 2 aromatic rings. The molecule has 6 nitrogen and oxygen atoms in total. The van der Waals surface area contributed by atoms with E-state index in [9.17, 15) is 9.59 Å². The zero-order chi connectivity index (χ0) is 19.2. The number of piperidine rings is 1. The molecular weight excluding hydrogens is 366 g/mol. The molecule has 0 unspecified atom stereocenters. The molecule has 1 amide bonds. The van der Waals surface area contributed by atoms with E-state index in [0.29, 0.717) is 16.4 Å². The molecule has 1 fully saturated rings. The lowest BCUT2D eigenvalue weighted by Crippen LogP contribution is -2.38. The van der Waals surface area contributed by atoms with E-state index in [-0.39, 0.29) is 12.5 Å². The lowest BCUT2D eigenvalue weighted by molar-refractivity contribution is -0.148. The Labute approximate surface area is 163 Å². The smallest absolute Gasteiger partial charge is 0.331 e. The molecule has 0 saturated carbocycles. The summed E-state index contributed by atoms with van der Waals surface area (Å²) in [6.07, 6.45) is 5.99. The molecule has 0 atom stereocenters. The number of halogens is 1. The second-order valence-corrected chi connectivity index (χ2v) is 6.78. The fourth-order valence-corrected chi connectivity index (χ4v) is 3.34. The first-order valence-corrected chi connectivity index (χ1v) is 9.37. The lowest BCUT2D eigenvalue weighted by atomic mass is 10.1. The van der Waals surface area contributed by atoms with Crippen molar-refractivity contribution in [2.45, 2.75) is 26.2 Å². The Kier molecular flexibility index (Phi) is 6.29. The number of benzene rings is 1. The van der Waals surface area contributed by atoms with Crippen LogP contribution in [0.2, 0.25) is 5.15 Å². The molecule has 2 heterocycles. The summed E-state index contributed by atoms with van der Waals surface area (Å²) < 4.78 is 6.68. The van der Waals surface area contributed by atoms with E-state index in [1.165, 1.54) is 6.08 Å². The van der Waals surface area contributed by atoms with Crippen molar-refractivity contribution >= 4 is 29.6 Å². The summed E-state index contributed by atoms with van der Waals surface area (Å²) in [4.78, 5) is 25.7. The van der Waals surface area contributed by atoms with Gasteiger partial charge in [-0.15, -0.1) is 0 Å². The third-order valence-electron chi connectivity index (χ3n) is 4.48. The first-order valence-electron chi connectivity index (χ1n) is 8.99. The van der Waals surface area contributed by atoms with Gasteiger partial charge < -0.3 is 9.64 Å². The van der Waals surface area contributed by atoms with Crippen molar-refractivity contribution in [3.63, 3.8) is 0 Å². The van der Waals surface area contributed by atoms with Crippen molar-refractivity contribution in [2.24, 2.45) is 0 Å². The number of para-hydroxylation sites is 1. The minimum atomic E-state index is -0.580. The molecule has 0 aliphatic carbocycles. The van der Waals surface area contributed by atoms with Gasteiger partial charge in [-0.2, -0.15) is 5.10 Å². The monoisotopic (exact) mass is 387 g/mol. The molecule has 1 aliphatic rings. The van der Waals surface area contributed by atoms with E-state index in [1.54, 1.807) is 15.7 Å². The van der Waals surface area contributed by atoms with Crippen LogP contribution in [-0.2, 0) is 14.3 Å². The van der Waals surface area contributed by atoms with Gasteiger partial charge in [0, 0.05) is 24.7 Å². The van der Waals surface area contributed by atoms with Crippen LogP contribution in [0.15, 0.2) is 36.4 Å². The lowest BCUT2D eigenvalue weighted by Gasteiger charge is -2.26. The third kappa shape index (κ3) is 4.77. The van der Waals surface area contributed by atoms with Gasteiger partial charge in [-0.25, -0.2) is 9.48 Å². The average Bonchev–Trinajstić information content (AvgIpc) is 2.99. The van der Waals surface area contributed by atoms with E-state index < -0.39 is 5.97 Å². The quantitative estimate of drug-likeness (QED) is 0.582. The van der Waals surface area contributed by atoms with Crippen LogP contribution in [0.1, 0.15) is 30.5 Å². The van der Waals surface area contributed by atoms with Gasteiger partial charge in [0.25, 0.3) is 5.91 Å². The second-order valence-electron chi connectivity index (χ2n) is 6.42. The number of amides is 1. The summed E-state index contributed by atoms with van der Waals surface area (Å²) in [5, 5.41) is 4.82. The van der Waals surface area contributed by atoms with Gasteiger partial charge in [0.2, 0.25) is 0 Å². The Balaban J connectivity index is 1.61. The molecule has 0 N–H and O–H groups in total. The van der Waals surface area contributed by atoms with Crippen LogP contribution in [0.25, 0.3) is 11.8 Å². The average molecular weight is 388 g/mol. The van der Waals surface area contributed by atoms with E-state index in [1.807, 2.05) is 37.3 Å². The number of esters is 1. The van der Waals surface area contributed by atoms with Crippen molar-refractivity contribution in [1.82, 2.24) is 14.7 Å². The number of nitrogens with zero attached hydrogens (tertiary/aromatic N) is 3. The normalized spacial score (nSPS) is 14.5. The Bertz CT molecular complexity index is 840. The van der Waals surface area contributed by atoms with Crippen molar-refractivity contribution < 1.29 is 14.3 Å². The number of rotatable bonds is 5. The highest BCUT2D eigenvalue weighted by Gasteiger charge is 2.17. The predicted octanol–water partition coefficient (Wildman–Crippen LogP) is 3.40. The molecular formula is C20H22ClN3O3. The molecule has 7 heteroatoms. The molecule has 0 radical (unpaired) electrons. The number of hydrogen-bond acceptors (Lipinski definition) is 4. The van der Waals surface area contributed by atoms with Crippen LogP contribution >= 0.6 is 11.6 Å². The molecule has 1 saturated heterocycles.